The van der Waals surface area contributed by atoms with E-state index in [1.165, 1.54) is 42.5 Å². The summed E-state index contributed by atoms with van der Waals surface area (Å²) in [7, 11) is -3.80. The zero-order valence-electron chi connectivity index (χ0n) is 17.8. The maximum Gasteiger partial charge on any atom is 0.418 e. The number of rotatable bonds is 5. The summed E-state index contributed by atoms with van der Waals surface area (Å²) in [6.07, 6.45) is -2.68. The zero-order chi connectivity index (χ0) is 25.5. The Balaban J connectivity index is 1.81. The number of halogens is 4. The molecule has 0 atom stereocenters. The number of ether oxygens (including phenoxy) is 1. The van der Waals surface area contributed by atoms with Crippen molar-refractivity contribution in [3.8, 4) is 22.8 Å². The van der Waals surface area contributed by atoms with Crippen molar-refractivity contribution < 1.29 is 31.1 Å². The summed E-state index contributed by atoms with van der Waals surface area (Å²) in [6.45, 7) is 0. The van der Waals surface area contributed by atoms with Gasteiger partial charge in [0.15, 0.2) is 9.84 Å². The van der Waals surface area contributed by atoms with Crippen molar-refractivity contribution >= 4 is 38.2 Å². The van der Waals surface area contributed by atoms with Crippen molar-refractivity contribution in [3.05, 3.63) is 77.1 Å². The first kappa shape index (κ1) is 24.4. The molecule has 0 unspecified atom stereocenters. The molecule has 0 saturated heterocycles. The number of carbonyl (C=O) groups excluding carboxylic acids is 1. The molecular weight excluding hydrogens is 507 g/mol. The fraction of sp³-hybridized carbons (Fsp3) is 0.0870. The van der Waals surface area contributed by atoms with Gasteiger partial charge in [0.25, 0.3) is 0 Å². The van der Waals surface area contributed by atoms with Crippen LogP contribution in [-0.4, -0.2) is 30.5 Å². The molecule has 0 aliphatic carbocycles. The van der Waals surface area contributed by atoms with Crippen LogP contribution in [0.4, 0.5) is 13.2 Å². The first-order valence-electron chi connectivity index (χ1n) is 9.79. The molecule has 3 aromatic carbocycles. The van der Waals surface area contributed by atoms with Gasteiger partial charge in [0.2, 0.25) is 5.91 Å². The summed E-state index contributed by atoms with van der Waals surface area (Å²) < 4.78 is 70.3. The van der Waals surface area contributed by atoms with Gasteiger partial charge in [0.1, 0.15) is 17.8 Å². The van der Waals surface area contributed by atoms with E-state index in [0.717, 1.165) is 24.7 Å². The van der Waals surface area contributed by atoms with Gasteiger partial charge in [-0.15, -0.1) is 0 Å². The highest BCUT2D eigenvalue weighted by Crippen LogP contribution is 2.39. The molecule has 1 heterocycles. The maximum absolute atomic E-state index is 13.5. The average Bonchev–Trinajstić information content (AvgIpc) is 2.78. The van der Waals surface area contributed by atoms with Crippen LogP contribution in [0.25, 0.3) is 22.2 Å². The molecule has 0 aliphatic heterocycles. The Morgan fingerprint density at radius 3 is 2.37 bits per heavy atom. The van der Waals surface area contributed by atoms with E-state index in [9.17, 15) is 26.4 Å². The first-order valence-corrected chi connectivity index (χ1v) is 12.1. The highest BCUT2D eigenvalue weighted by Gasteiger charge is 2.33. The molecule has 0 aliphatic rings. The predicted molar refractivity (Wildman–Crippen MR) is 123 cm³/mol. The second-order valence-electron chi connectivity index (χ2n) is 7.46. The van der Waals surface area contributed by atoms with E-state index in [0.29, 0.717) is 0 Å². The Bertz CT molecular complexity index is 1590. The lowest BCUT2D eigenvalue weighted by Gasteiger charge is -2.14. The van der Waals surface area contributed by atoms with E-state index < -0.39 is 27.5 Å². The van der Waals surface area contributed by atoms with Gasteiger partial charge in [-0.3, -0.25) is 4.79 Å². The number of fused-ring (bicyclic) bond motifs is 1. The molecule has 35 heavy (non-hydrogen) atoms. The molecule has 0 bridgehead atoms. The smallest absolute Gasteiger partial charge is 0.418 e. The number of nitrogens with two attached hydrogens (primary N) is 1. The number of hydrogen-bond donors (Lipinski definition) is 1. The normalized spacial score (nSPS) is 12.0. The van der Waals surface area contributed by atoms with Gasteiger partial charge in [-0.05, 0) is 36.4 Å². The number of benzene rings is 3. The average molecular weight is 522 g/mol. The molecule has 0 radical (unpaired) electrons. The van der Waals surface area contributed by atoms with E-state index in [-0.39, 0.29) is 49.1 Å². The number of nitrogens with zero attached hydrogens (tertiary/aromatic N) is 2. The third-order valence-electron chi connectivity index (χ3n) is 5.02. The third-order valence-corrected chi connectivity index (χ3v) is 6.48. The van der Waals surface area contributed by atoms with Crippen molar-refractivity contribution in [3.63, 3.8) is 0 Å². The number of sulfone groups is 1. The Morgan fingerprint density at radius 1 is 1.03 bits per heavy atom. The quantitative estimate of drug-likeness (QED) is 0.383. The zero-order valence-corrected chi connectivity index (χ0v) is 19.4. The molecule has 4 rings (SSSR count). The SMILES string of the molecule is CS(=O)(=O)c1cc(Oc2ccc(Cl)c(-c3ncnc4c(C(F)(F)F)cccc34)c2)ccc1C(N)=O. The van der Waals surface area contributed by atoms with Gasteiger partial charge in [-0.25, -0.2) is 18.4 Å². The minimum atomic E-state index is -4.62. The summed E-state index contributed by atoms with van der Waals surface area (Å²) in [6, 6.07) is 11.8. The lowest BCUT2D eigenvalue weighted by atomic mass is 10.0. The fourth-order valence-electron chi connectivity index (χ4n) is 3.49. The first-order chi connectivity index (χ1) is 16.4. The van der Waals surface area contributed by atoms with Gasteiger partial charge in [-0.2, -0.15) is 13.2 Å². The number of aromatic nitrogens is 2. The van der Waals surface area contributed by atoms with E-state index in [4.69, 9.17) is 22.1 Å². The summed E-state index contributed by atoms with van der Waals surface area (Å²) in [4.78, 5) is 19.2. The van der Waals surface area contributed by atoms with Crippen LogP contribution in [0.2, 0.25) is 5.02 Å². The number of amides is 1. The molecule has 0 spiro atoms. The summed E-state index contributed by atoms with van der Waals surface area (Å²) in [5, 5.41) is 0.321. The van der Waals surface area contributed by atoms with Crippen molar-refractivity contribution in [2.24, 2.45) is 5.73 Å². The van der Waals surface area contributed by atoms with E-state index in [1.807, 2.05) is 0 Å². The molecule has 12 heteroatoms. The van der Waals surface area contributed by atoms with Crippen LogP contribution in [0.3, 0.4) is 0 Å². The molecule has 4 aromatic rings. The standard InChI is InChI=1S/C23H15ClF3N3O4S/c1-35(32,33)19-10-13(5-7-14(19)22(28)31)34-12-6-8-18(24)16(9-12)20-15-3-2-4-17(23(25,26)27)21(15)30-11-29-20/h2-11H,1H3,(H2,28,31). The van der Waals surface area contributed by atoms with Crippen LogP contribution in [0, 0.1) is 0 Å². The molecule has 180 valence electrons. The lowest BCUT2D eigenvalue weighted by molar-refractivity contribution is -0.136. The Kier molecular flexibility index (Phi) is 6.16. The second kappa shape index (κ2) is 8.82. The van der Waals surface area contributed by atoms with Gasteiger partial charge in [0.05, 0.1) is 32.3 Å². The van der Waals surface area contributed by atoms with Crippen LogP contribution in [0.5, 0.6) is 11.5 Å². The van der Waals surface area contributed by atoms with Crippen LogP contribution in [0.15, 0.2) is 65.8 Å². The van der Waals surface area contributed by atoms with Gasteiger partial charge >= 0.3 is 6.18 Å². The number of carbonyl (C=O) groups is 1. The molecule has 7 nitrogen and oxygen atoms in total. The van der Waals surface area contributed by atoms with Crippen molar-refractivity contribution in [2.45, 2.75) is 11.1 Å². The summed E-state index contributed by atoms with van der Waals surface area (Å²) in [5.74, 6) is -0.648. The van der Waals surface area contributed by atoms with E-state index in [2.05, 4.69) is 9.97 Å². The number of hydrogen-bond acceptors (Lipinski definition) is 6. The fourth-order valence-corrected chi connectivity index (χ4v) is 4.60. The Hall–Kier alpha value is -3.70. The van der Waals surface area contributed by atoms with Crippen molar-refractivity contribution in [1.82, 2.24) is 9.97 Å². The molecule has 1 amide bonds. The van der Waals surface area contributed by atoms with Crippen LogP contribution in [-0.2, 0) is 16.0 Å². The minimum absolute atomic E-state index is 0.0793. The largest absolute Gasteiger partial charge is 0.457 e. The monoisotopic (exact) mass is 521 g/mol. The van der Waals surface area contributed by atoms with Crippen LogP contribution >= 0.6 is 11.6 Å². The van der Waals surface area contributed by atoms with Gasteiger partial charge in [0, 0.05) is 23.3 Å². The van der Waals surface area contributed by atoms with Crippen LogP contribution in [0.1, 0.15) is 15.9 Å². The van der Waals surface area contributed by atoms with Crippen molar-refractivity contribution in [2.75, 3.05) is 6.26 Å². The molecule has 0 fully saturated rings. The topological polar surface area (TPSA) is 112 Å². The third kappa shape index (κ3) is 4.91. The van der Waals surface area contributed by atoms with Crippen LogP contribution < -0.4 is 10.5 Å². The Morgan fingerprint density at radius 2 is 1.71 bits per heavy atom. The summed E-state index contributed by atoms with van der Waals surface area (Å²) >= 11 is 6.34. The summed E-state index contributed by atoms with van der Waals surface area (Å²) in [5.41, 5.74) is 4.29. The second-order valence-corrected chi connectivity index (χ2v) is 9.85. The minimum Gasteiger partial charge on any atom is -0.457 e. The number of primary amides is 1. The van der Waals surface area contributed by atoms with Crippen molar-refractivity contribution in [1.29, 1.82) is 0 Å². The van der Waals surface area contributed by atoms with Gasteiger partial charge < -0.3 is 10.5 Å². The molecule has 2 N–H and O–H groups in total. The number of para-hydroxylation sites is 1. The number of alkyl halides is 3. The molecular formula is C23H15ClF3N3O4S. The lowest BCUT2D eigenvalue weighted by Crippen LogP contribution is -2.15. The maximum atomic E-state index is 13.5. The highest BCUT2D eigenvalue weighted by atomic mass is 35.5. The van der Waals surface area contributed by atoms with Gasteiger partial charge in [-0.1, -0.05) is 23.7 Å². The molecule has 0 saturated carbocycles. The predicted octanol–water partition coefficient (Wildman–Crippen LogP) is 5.26. The Labute approximate surface area is 202 Å². The van der Waals surface area contributed by atoms with E-state index >= 15 is 0 Å². The highest BCUT2D eigenvalue weighted by molar-refractivity contribution is 7.90. The molecule has 1 aromatic heterocycles. The van der Waals surface area contributed by atoms with E-state index in [1.54, 1.807) is 0 Å².